The molecule has 8 nitrogen and oxygen atoms in total. The molecule has 0 radical (unpaired) electrons. The standard InChI is InChI=1S/C16H10Cl2N6O2/c17-9-2-1-3-10(6-9)24-7-12(22-23-24)16(25)26-8-14-19-11-4-5-13(18)20-15(11)21-14/h1-7H,8H2,(H,19,20,21). The van der Waals surface area contributed by atoms with E-state index in [9.17, 15) is 4.79 Å². The number of rotatable bonds is 4. The zero-order valence-electron chi connectivity index (χ0n) is 13.1. The number of halogens is 2. The summed E-state index contributed by atoms with van der Waals surface area (Å²) in [4.78, 5) is 23.4. The van der Waals surface area contributed by atoms with E-state index in [-0.39, 0.29) is 12.3 Å². The van der Waals surface area contributed by atoms with Crippen LogP contribution >= 0.6 is 23.2 Å². The molecule has 3 aromatic heterocycles. The molecule has 0 bridgehead atoms. The number of pyridine rings is 1. The molecule has 0 aliphatic rings. The van der Waals surface area contributed by atoms with E-state index in [1.54, 1.807) is 36.4 Å². The van der Waals surface area contributed by atoms with Crippen LogP contribution in [-0.2, 0) is 11.3 Å². The van der Waals surface area contributed by atoms with Gasteiger partial charge < -0.3 is 9.72 Å². The molecule has 1 N–H and O–H groups in total. The van der Waals surface area contributed by atoms with Gasteiger partial charge in [-0.3, -0.25) is 0 Å². The molecule has 0 amide bonds. The quantitative estimate of drug-likeness (QED) is 0.425. The van der Waals surface area contributed by atoms with Crippen molar-refractivity contribution in [3.8, 4) is 5.69 Å². The third-order valence-corrected chi connectivity index (χ3v) is 3.92. The monoisotopic (exact) mass is 388 g/mol. The molecule has 0 saturated heterocycles. The number of carbonyl (C=O) groups excluding carboxylic acids is 1. The maximum Gasteiger partial charge on any atom is 0.361 e. The van der Waals surface area contributed by atoms with Crippen LogP contribution in [0.25, 0.3) is 16.9 Å². The lowest BCUT2D eigenvalue weighted by Gasteiger charge is -2.00. The van der Waals surface area contributed by atoms with E-state index in [1.807, 2.05) is 0 Å². The minimum absolute atomic E-state index is 0.0587. The van der Waals surface area contributed by atoms with E-state index >= 15 is 0 Å². The molecular formula is C16H10Cl2N6O2. The minimum Gasteiger partial charge on any atom is -0.453 e. The first kappa shape index (κ1) is 16.5. The van der Waals surface area contributed by atoms with Crippen molar-refractivity contribution in [2.75, 3.05) is 0 Å². The molecule has 1 aromatic carbocycles. The lowest BCUT2D eigenvalue weighted by atomic mass is 10.3. The highest BCUT2D eigenvalue weighted by molar-refractivity contribution is 6.30. The molecule has 3 heterocycles. The van der Waals surface area contributed by atoms with E-state index in [0.29, 0.717) is 32.9 Å². The Balaban J connectivity index is 1.46. The molecule has 0 aliphatic heterocycles. The van der Waals surface area contributed by atoms with Crippen molar-refractivity contribution in [2.24, 2.45) is 0 Å². The number of H-pyrrole nitrogens is 1. The van der Waals surface area contributed by atoms with Crippen LogP contribution in [0.15, 0.2) is 42.6 Å². The van der Waals surface area contributed by atoms with Crippen LogP contribution in [0.1, 0.15) is 16.3 Å². The summed E-state index contributed by atoms with van der Waals surface area (Å²) in [5.74, 6) is -0.171. The lowest BCUT2D eigenvalue weighted by molar-refractivity contribution is 0.0456. The molecule has 4 rings (SSSR count). The Morgan fingerprint density at radius 1 is 1.19 bits per heavy atom. The topological polar surface area (TPSA) is 98.6 Å². The maximum atomic E-state index is 12.2. The molecule has 130 valence electrons. The largest absolute Gasteiger partial charge is 0.453 e. The summed E-state index contributed by atoms with van der Waals surface area (Å²) in [6, 6.07) is 10.4. The molecule has 0 spiro atoms. The van der Waals surface area contributed by atoms with Crippen LogP contribution in [0.4, 0.5) is 0 Å². The van der Waals surface area contributed by atoms with Gasteiger partial charge in [0, 0.05) is 5.02 Å². The first-order chi connectivity index (χ1) is 12.6. The fourth-order valence-electron chi connectivity index (χ4n) is 2.30. The molecule has 0 fully saturated rings. The van der Waals surface area contributed by atoms with Crippen molar-refractivity contribution in [2.45, 2.75) is 6.61 Å². The number of benzene rings is 1. The highest BCUT2D eigenvalue weighted by Crippen LogP contribution is 2.15. The summed E-state index contributed by atoms with van der Waals surface area (Å²) in [6.07, 6.45) is 1.47. The fraction of sp³-hybridized carbons (Fsp3) is 0.0625. The zero-order valence-corrected chi connectivity index (χ0v) is 14.6. The summed E-state index contributed by atoms with van der Waals surface area (Å²) in [5.41, 5.74) is 1.91. The molecule has 0 aliphatic carbocycles. The molecular weight excluding hydrogens is 379 g/mol. The van der Waals surface area contributed by atoms with Crippen LogP contribution in [0, 0.1) is 0 Å². The van der Waals surface area contributed by atoms with Gasteiger partial charge in [0.05, 0.1) is 17.4 Å². The second-order valence-electron chi connectivity index (χ2n) is 5.29. The molecule has 0 atom stereocenters. The van der Waals surface area contributed by atoms with Gasteiger partial charge in [-0.25, -0.2) is 19.4 Å². The molecule has 4 aromatic rings. The van der Waals surface area contributed by atoms with Crippen molar-refractivity contribution in [1.82, 2.24) is 29.9 Å². The lowest BCUT2D eigenvalue weighted by Crippen LogP contribution is -2.06. The molecule has 10 heteroatoms. The second kappa shape index (κ2) is 6.74. The normalized spacial score (nSPS) is 11.0. The third kappa shape index (κ3) is 3.37. The van der Waals surface area contributed by atoms with Gasteiger partial charge in [-0.2, -0.15) is 0 Å². The van der Waals surface area contributed by atoms with E-state index in [2.05, 4.69) is 25.3 Å². The van der Waals surface area contributed by atoms with Crippen molar-refractivity contribution >= 4 is 40.3 Å². The van der Waals surface area contributed by atoms with Gasteiger partial charge in [-0.05, 0) is 30.3 Å². The summed E-state index contributed by atoms with van der Waals surface area (Å²) in [7, 11) is 0. The van der Waals surface area contributed by atoms with Crippen molar-refractivity contribution < 1.29 is 9.53 Å². The fourth-order valence-corrected chi connectivity index (χ4v) is 2.63. The number of aromatic nitrogens is 6. The number of carbonyl (C=O) groups is 1. The highest BCUT2D eigenvalue weighted by Gasteiger charge is 2.15. The number of esters is 1. The number of nitrogens with zero attached hydrogens (tertiary/aromatic N) is 5. The van der Waals surface area contributed by atoms with E-state index in [4.69, 9.17) is 27.9 Å². The average molecular weight is 389 g/mol. The summed E-state index contributed by atoms with van der Waals surface area (Å²) >= 11 is 11.8. The van der Waals surface area contributed by atoms with Crippen LogP contribution in [0.5, 0.6) is 0 Å². The van der Waals surface area contributed by atoms with Gasteiger partial charge in [0.15, 0.2) is 11.3 Å². The van der Waals surface area contributed by atoms with Crippen LogP contribution in [0.2, 0.25) is 10.2 Å². The van der Waals surface area contributed by atoms with Gasteiger partial charge >= 0.3 is 5.97 Å². The smallest absolute Gasteiger partial charge is 0.361 e. The summed E-state index contributed by atoms with van der Waals surface area (Å²) in [5, 5.41) is 8.63. The summed E-state index contributed by atoms with van der Waals surface area (Å²) < 4.78 is 6.65. The van der Waals surface area contributed by atoms with E-state index in [0.717, 1.165) is 0 Å². The number of hydrogen-bond donors (Lipinski definition) is 1. The third-order valence-electron chi connectivity index (χ3n) is 3.48. The van der Waals surface area contributed by atoms with Crippen molar-refractivity contribution in [3.63, 3.8) is 0 Å². The Morgan fingerprint density at radius 3 is 2.92 bits per heavy atom. The number of ether oxygens (including phenoxy) is 1. The average Bonchev–Trinajstić information content (AvgIpc) is 3.26. The number of imidazole rings is 1. The van der Waals surface area contributed by atoms with Gasteiger partial charge in [0.1, 0.15) is 17.6 Å². The Hall–Kier alpha value is -2.97. The summed E-state index contributed by atoms with van der Waals surface area (Å²) in [6.45, 7) is -0.0587. The predicted octanol–water partition coefficient (Wildman–Crippen LogP) is 3.20. The predicted molar refractivity (Wildman–Crippen MR) is 94.4 cm³/mol. The van der Waals surface area contributed by atoms with Crippen molar-refractivity contribution in [1.29, 1.82) is 0 Å². The number of hydrogen-bond acceptors (Lipinski definition) is 6. The van der Waals surface area contributed by atoms with Crippen LogP contribution < -0.4 is 0 Å². The highest BCUT2D eigenvalue weighted by atomic mass is 35.5. The Labute approximate surface area is 156 Å². The van der Waals surface area contributed by atoms with Gasteiger partial charge in [-0.15, -0.1) is 5.10 Å². The van der Waals surface area contributed by atoms with E-state index < -0.39 is 5.97 Å². The number of nitrogens with one attached hydrogen (secondary N) is 1. The van der Waals surface area contributed by atoms with Gasteiger partial charge in [0.2, 0.25) is 0 Å². The van der Waals surface area contributed by atoms with Crippen molar-refractivity contribution in [3.05, 3.63) is 64.3 Å². The number of aromatic amines is 1. The zero-order chi connectivity index (χ0) is 18.1. The van der Waals surface area contributed by atoms with E-state index in [1.165, 1.54) is 10.9 Å². The Morgan fingerprint density at radius 2 is 2.08 bits per heavy atom. The van der Waals surface area contributed by atoms with Gasteiger partial charge in [0.25, 0.3) is 0 Å². The Bertz CT molecular complexity index is 1110. The first-order valence-corrected chi connectivity index (χ1v) is 8.20. The minimum atomic E-state index is -0.621. The number of fused-ring (bicyclic) bond motifs is 1. The SMILES string of the molecule is O=C(OCc1nc2nc(Cl)ccc2[nH]1)c1cn(-c2cccc(Cl)c2)nn1. The molecule has 0 unspecified atom stereocenters. The molecule has 0 saturated carbocycles. The molecule has 26 heavy (non-hydrogen) atoms. The maximum absolute atomic E-state index is 12.2. The first-order valence-electron chi connectivity index (χ1n) is 7.45. The van der Waals surface area contributed by atoms with Crippen LogP contribution in [0.3, 0.4) is 0 Å². The van der Waals surface area contributed by atoms with Gasteiger partial charge in [-0.1, -0.05) is 34.5 Å². The Kier molecular flexibility index (Phi) is 4.27. The second-order valence-corrected chi connectivity index (χ2v) is 6.12. The van der Waals surface area contributed by atoms with Crippen LogP contribution in [-0.4, -0.2) is 35.9 Å².